The molecule has 0 unspecified atom stereocenters. The Bertz CT molecular complexity index is 597. The molecule has 2 heterocycles. The highest BCUT2D eigenvalue weighted by Gasteiger charge is 2.30. The number of piperidine rings is 1. The van der Waals surface area contributed by atoms with E-state index in [1.165, 1.54) is 11.1 Å². The number of nitrogens with one attached hydrogen (secondary N) is 1. The van der Waals surface area contributed by atoms with Crippen LogP contribution in [0.15, 0.2) is 18.2 Å². The normalized spacial score (nSPS) is 25.8. The molecule has 1 aromatic rings. The van der Waals surface area contributed by atoms with E-state index >= 15 is 0 Å². The van der Waals surface area contributed by atoms with Gasteiger partial charge in [-0.05, 0) is 43.4 Å². The van der Waals surface area contributed by atoms with Crippen molar-refractivity contribution in [1.82, 2.24) is 10.2 Å². The molecule has 4 nitrogen and oxygen atoms in total. The van der Waals surface area contributed by atoms with Crippen molar-refractivity contribution in [1.29, 1.82) is 0 Å². The minimum absolute atomic E-state index is 0.0809. The van der Waals surface area contributed by atoms with Crippen molar-refractivity contribution in [2.75, 3.05) is 13.1 Å². The minimum Gasteiger partial charge on any atom is -0.487 e. The van der Waals surface area contributed by atoms with E-state index < -0.39 is 0 Å². The first-order valence-corrected chi connectivity index (χ1v) is 8.64. The number of ether oxygens (including phenoxy) is 1. The molecule has 1 aromatic carbocycles. The predicted octanol–water partition coefficient (Wildman–Crippen LogP) is 2.75. The Morgan fingerprint density at radius 2 is 2.22 bits per heavy atom. The number of likely N-dealkylation sites (tertiary alicyclic amines) is 1. The van der Waals surface area contributed by atoms with E-state index in [9.17, 15) is 4.79 Å². The summed E-state index contributed by atoms with van der Waals surface area (Å²) in [5.41, 5.74) is 2.54. The van der Waals surface area contributed by atoms with Crippen LogP contribution in [0.1, 0.15) is 45.2 Å². The number of fused-ring (bicyclic) bond motifs is 1. The van der Waals surface area contributed by atoms with Crippen LogP contribution in [0, 0.1) is 5.92 Å². The van der Waals surface area contributed by atoms with E-state index in [-0.39, 0.29) is 11.5 Å². The SMILES string of the molecule is CC(=O)N1CC[C@H](NCc2ccc3c(c2)CC(C)(C)O3)[C@H](C)C1. The number of carbonyl (C=O) groups is 1. The fraction of sp³-hybridized carbons (Fsp3) is 0.632. The van der Waals surface area contributed by atoms with Gasteiger partial charge in [-0.15, -0.1) is 0 Å². The third kappa shape index (κ3) is 3.69. The van der Waals surface area contributed by atoms with Crippen molar-refractivity contribution in [3.8, 4) is 5.75 Å². The van der Waals surface area contributed by atoms with Crippen molar-refractivity contribution in [3.63, 3.8) is 0 Å². The maximum Gasteiger partial charge on any atom is 0.219 e. The third-order valence-electron chi connectivity index (χ3n) is 5.05. The second-order valence-electron chi connectivity index (χ2n) is 7.70. The van der Waals surface area contributed by atoms with Crippen LogP contribution in [-0.4, -0.2) is 35.5 Å². The molecule has 2 aliphatic rings. The Balaban J connectivity index is 1.57. The van der Waals surface area contributed by atoms with Gasteiger partial charge in [0.1, 0.15) is 11.4 Å². The van der Waals surface area contributed by atoms with Gasteiger partial charge >= 0.3 is 0 Å². The Hall–Kier alpha value is -1.55. The topological polar surface area (TPSA) is 41.6 Å². The minimum atomic E-state index is -0.0809. The van der Waals surface area contributed by atoms with Gasteiger partial charge in [-0.25, -0.2) is 0 Å². The van der Waals surface area contributed by atoms with E-state index in [4.69, 9.17) is 4.74 Å². The monoisotopic (exact) mass is 316 g/mol. The molecule has 2 atom stereocenters. The van der Waals surface area contributed by atoms with Crippen LogP contribution < -0.4 is 10.1 Å². The van der Waals surface area contributed by atoms with Crippen LogP contribution in [0.4, 0.5) is 0 Å². The molecular weight excluding hydrogens is 288 g/mol. The second kappa shape index (κ2) is 6.16. The molecule has 3 rings (SSSR count). The summed E-state index contributed by atoms with van der Waals surface area (Å²) in [6.07, 6.45) is 2.01. The standard InChI is InChI=1S/C19H28N2O2/c1-13-12-21(14(2)22)8-7-17(13)20-11-15-5-6-18-16(9-15)10-19(3,4)23-18/h5-6,9,13,17,20H,7-8,10-12H2,1-4H3/t13-,17+/m1/s1. The van der Waals surface area contributed by atoms with Crippen LogP contribution in [0.25, 0.3) is 0 Å². The van der Waals surface area contributed by atoms with E-state index in [1.807, 2.05) is 4.90 Å². The summed E-state index contributed by atoms with van der Waals surface area (Å²) in [5, 5.41) is 3.68. The number of carbonyl (C=O) groups excluding carboxylic acids is 1. The van der Waals surface area contributed by atoms with E-state index in [1.54, 1.807) is 6.92 Å². The Morgan fingerprint density at radius 3 is 2.91 bits per heavy atom. The average Bonchev–Trinajstić information content (AvgIpc) is 2.78. The van der Waals surface area contributed by atoms with E-state index in [2.05, 4.69) is 44.3 Å². The highest BCUT2D eigenvalue weighted by Crippen LogP contribution is 2.35. The maximum absolute atomic E-state index is 11.5. The molecular formula is C19H28N2O2. The van der Waals surface area contributed by atoms with Gasteiger partial charge in [-0.1, -0.05) is 19.1 Å². The van der Waals surface area contributed by atoms with Gasteiger partial charge < -0.3 is 15.0 Å². The Labute approximate surface area is 139 Å². The van der Waals surface area contributed by atoms with Gasteiger partial charge in [0, 0.05) is 39.0 Å². The molecule has 126 valence electrons. The third-order valence-corrected chi connectivity index (χ3v) is 5.05. The van der Waals surface area contributed by atoms with Crippen LogP contribution in [0.5, 0.6) is 5.75 Å². The zero-order chi connectivity index (χ0) is 16.6. The molecule has 1 fully saturated rings. The first-order valence-electron chi connectivity index (χ1n) is 8.64. The zero-order valence-electron chi connectivity index (χ0n) is 14.7. The number of benzene rings is 1. The average molecular weight is 316 g/mol. The molecule has 1 saturated heterocycles. The van der Waals surface area contributed by atoms with E-state index in [0.29, 0.717) is 12.0 Å². The Kier molecular flexibility index (Phi) is 4.37. The van der Waals surface area contributed by atoms with Gasteiger partial charge in [0.15, 0.2) is 0 Å². The lowest BCUT2D eigenvalue weighted by atomic mass is 9.93. The summed E-state index contributed by atoms with van der Waals surface area (Å²) in [7, 11) is 0. The molecule has 0 aromatic heterocycles. The molecule has 0 saturated carbocycles. The predicted molar refractivity (Wildman–Crippen MR) is 91.5 cm³/mol. The van der Waals surface area contributed by atoms with Crippen LogP contribution in [0.2, 0.25) is 0 Å². The lowest BCUT2D eigenvalue weighted by Crippen LogP contribution is -2.49. The maximum atomic E-state index is 11.5. The van der Waals surface area contributed by atoms with Crippen molar-refractivity contribution < 1.29 is 9.53 Å². The lowest BCUT2D eigenvalue weighted by molar-refractivity contribution is -0.130. The fourth-order valence-electron chi connectivity index (χ4n) is 3.76. The number of nitrogens with zero attached hydrogens (tertiary/aromatic N) is 1. The van der Waals surface area contributed by atoms with Crippen LogP contribution in [-0.2, 0) is 17.8 Å². The lowest BCUT2D eigenvalue weighted by Gasteiger charge is -2.37. The summed E-state index contributed by atoms with van der Waals surface area (Å²) in [4.78, 5) is 13.4. The summed E-state index contributed by atoms with van der Waals surface area (Å²) in [5.74, 6) is 1.71. The first-order chi connectivity index (χ1) is 10.8. The molecule has 0 spiro atoms. The van der Waals surface area contributed by atoms with Crippen molar-refractivity contribution in [2.45, 2.75) is 58.7 Å². The molecule has 1 N–H and O–H groups in total. The fourth-order valence-corrected chi connectivity index (χ4v) is 3.76. The van der Waals surface area contributed by atoms with Gasteiger partial charge in [0.05, 0.1) is 0 Å². The summed E-state index contributed by atoms with van der Waals surface area (Å²) < 4.78 is 5.94. The first kappa shape index (κ1) is 16.3. The molecule has 4 heteroatoms. The second-order valence-corrected chi connectivity index (χ2v) is 7.70. The van der Waals surface area contributed by atoms with Crippen molar-refractivity contribution >= 4 is 5.91 Å². The van der Waals surface area contributed by atoms with Gasteiger partial charge in [-0.2, -0.15) is 0 Å². The highest BCUT2D eigenvalue weighted by molar-refractivity contribution is 5.73. The number of hydrogen-bond acceptors (Lipinski definition) is 3. The number of amides is 1. The number of hydrogen-bond donors (Lipinski definition) is 1. The molecule has 0 aliphatic carbocycles. The molecule has 0 bridgehead atoms. The van der Waals surface area contributed by atoms with Crippen LogP contribution >= 0.6 is 0 Å². The summed E-state index contributed by atoms with van der Waals surface area (Å²) >= 11 is 0. The molecule has 23 heavy (non-hydrogen) atoms. The van der Waals surface area contributed by atoms with Gasteiger partial charge in [-0.3, -0.25) is 4.79 Å². The van der Waals surface area contributed by atoms with E-state index in [0.717, 1.165) is 38.2 Å². The highest BCUT2D eigenvalue weighted by atomic mass is 16.5. The van der Waals surface area contributed by atoms with Crippen LogP contribution in [0.3, 0.4) is 0 Å². The number of rotatable bonds is 3. The smallest absolute Gasteiger partial charge is 0.219 e. The molecule has 1 amide bonds. The van der Waals surface area contributed by atoms with Crippen molar-refractivity contribution in [3.05, 3.63) is 29.3 Å². The van der Waals surface area contributed by atoms with Gasteiger partial charge in [0.25, 0.3) is 0 Å². The van der Waals surface area contributed by atoms with Gasteiger partial charge in [0.2, 0.25) is 5.91 Å². The zero-order valence-corrected chi connectivity index (χ0v) is 14.7. The summed E-state index contributed by atoms with van der Waals surface area (Å²) in [6, 6.07) is 7.00. The Morgan fingerprint density at radius 1 is 1.43 bits per heavy atom. The molecule has 2 aliphatic heterocycles. The van der Waals surface area contributed by atoms with Crippen molar-refractivity contribution in [2.24, 2.45) is 5.92 Å². The summed E-state index contributed by atoms with van der Waals surface area (Å²) in [6.45, 7) is 10.8. The largest absolute Gasteiger partial charge is 0.487 e. The molecule has 0 radical (unpaired) electrons. The quantitative estimate of drug-likeness (QED) is 0.932.